The van der Waals surface area contributed by atoms with Gasteiger partial charge in [-0.1, -0.05) is 6.08 Å². The molecular formula is C21H22F6N4O. The Labute approximate surface area is 180 Å². The van der Waals surface area contributed by atoms with E-state index < -0.39 is 29.4 Å². The van der Waals surface area contributed by atoms with Crippen LogP contribution in [0.5, 0.6) is 0 Å². The number of carbonyl (C=O) groups excluding carboxylic acids is 1. The summed E-state index contributed by atoms with van der Waals surface area (Å²) < 4.78 is 79.0. The smallest absolute Gasteiger partial charge is 0.337 e. The topological polar surface area (TPSA) is 56.7 Å². The second-order valence-electron chi connectivity index (χ2n) is 8.27. The van der Waals surface area contributed by atoms with Crippen molar-refractivity contribution in [2.45, 2.75) is 37.5 Å². The van der Waals surface area contributed by atoms with Gasteiger partial charge in [-0.05, 0) is 42.5 Å². The lowest BCUT2D eigenvalue weighted by Gasteiger charge is -2.34. The third-order valence-electron chi connectivity index (χ3n) is 6.09. The van der Waals surface area contributed by atoms with Crippen LogP contribution in [0.3, 0.4) is 0 Å². The van der Waals surface area contributed by atoms with Crippen LogP contribution in [0.2, 0.25) is 0 Å². The lowest BCUT2D eigenvalue weighted by Crippen LogP contribution is -2.46. The molecule has 3 aliphatic heterocycles. The van der Waals surface area contributed by atoms with E-state index in [1.54, 1.807) is 4.90 Å². The Kier molecular flexibility index (Phi) is 5.95. The van der Waals surface area contributed by atoms with Gasteiger partial charge in [0.1, 0.15) is 5.71 Å². The summed E-state index contributed by atoms with van der Waals surface area (Å²) in [5.74, 6) is -0.934. The molecule has 0 aromatic heterocycles. The van der Waals surface area contributed by atoms with Crippen LogP contribution < -0.4 is 10.7 Å². The molecule has 1 unspecified atom stereocenters. The van der Waals surface area contributed by atoms with Gasteiger partial charge in [-0.25, -0.2) is 0 Å². The molecular weight excluding hydrogens is 438 g/mol. The minimum Gasteiger partial charge on any atom is -0.337 e. The summed E-state index contributed by atoms with van der Waals surface area (Å²) in [4.78, 5) is 14.5. The number of halogens is 6. The number of rotatable bonds is 2. The van der Waals surface area contributed by atoms with Gasteiger partial charge in [0.15, 0.2) is 0 Å². The first-order valence-electron chi connectivity index (χ1n) is 10.4. The average molecular weight is 460 g/mol. The Balaban J connectivity index is 1.47. The van der Waals surface area contributed by atoms with Crippen molar-refractivity contribution in [2.75, 3.05) is 26.2 Å². The number of hydrazone groups is 1. The van der Waals surface area contributed by atoms with Crippen LogP contribution in [0.1, 0.15) is 41.9 Å². The minimum absolute atomic E-state index is 0.00327. The molecule has 11 heteroatoms. The predicted octanol–water partition coefficient (Wildman–Crippen LogP) is 3.88. The summed E-state index contributed by atoms with van der Waals surface area (Å²) >= 11 is 0. The Hall–Kier alpha value is -2.56. The molecule has 1 aromatic rings. The molecule has 0 radical (unpaired) electrons. The van der Waals surface area contributed by atoms with Crippen molar-refractivity contribution in [1.29, 1.82) is 0 Å². The fourth-order valence-electron chi connectivity index (χ4n) is 4.35. The molecule has 2 bridgehead atoms. The fraction of sp³-hybridized carbons (Fsp3) is 0.524. The van der Waals surface area contributed by atoms with Gasteiger partial charge in [-0.3, -0.25) is 10.2 Å². The van der Waals surface area contributed by atoms with Gasteiger partial charge in [0.2, 0.25) is 0 Å². The zero-order chi connectivity index (χ0) is 23.1. The number of alkyl halides is 6. The molecule has 174 valence electrons. The van der Waals surface area contributed by atoms with E-state index in [0.717, 1.165) is 30.8 Å². The third kappa shape index (κ3) is 4.77. The molecule has 0 aliphatic carbocycles. The molecule has 1 aromatic carbocycles. The zero-order valence-corrected chi connectivity index (χ0v) is 17.0. The van der Waals surface area contributed by atoms with Gasteiger partial charge in [0, 0.05) is 44.2 Å². The standard InChI is InChI=1S/C21H22F6N4O/c22-20(23,24)15-7-13(8-16(10-15)21(25,26)27)12-2-5-31(6-3-12)19(32)18-14-9-17(29-30-18)1-4-28-11-14/h7-10,12,14,28-29H,1-6,11H2. The normalized spacial score (nSPS) is 22.6. The summed E-state index contributed by atoms with van der Waals surface area (Å²) in [6.45, 7) is 1.82. The molecule has 5 nitrogen and oxygen atoms in total. The van der Waals surface area contributed by atoms with E-state index in [1.165, 1.54) is 0 Å². The van der Waals surface area contributed by atoms with Crippen LogP contribution in [0.25, 0.3) is 0 Å². The monoisotopic (exact) mass is 460 g/mol. The second kappa shape index (κ2) is 8.42. The Morgan fingerprint density at radius 3 is 2.22 bits per heavy atom. The first kappa shape index (κ1) is 22.6. The van der Waals surface area contributed by atoms with Crippen LogP contribution in [0.15, 0.2) is 35.1 Å². The molecule has 1 atom stereocenters. The number of hydrogen-bond donors (Lipinski definition) is 2. The number of benzene rings is 1. The second-order valence-corrected chi connectivity index (χ2v) is 8.27. The van der Waals surface area contributed by atoms with Crippen LogP contribution in [-0.4, -0.2) is 42.7 Å². The number of fused-ring (bicyclic) bond motifs is 1. The molecule has 1 fully saturated rings. The minimum atomic E-state index is -4.88. The Morgan fingerprint density at radius 1 is 1.00 bits per heavy atom. The van der Waals surface area contributed by atoms with Gasteiger partial charge in [0.05, 0.1) is 11.1 Å². The van der Waals surface area contributed by atoms with Crippen molar-refractivity contribution in [3.05, 3.63) is 46.7 Å². The van der Waals surface area contributed by atoms with Crippen molar-refractivity contribution < 1.29 is 31.1 Å². The summed E-state index contributed by atoms with van der Waals surface area (Å²) in [6.07, 6.45) is -6.46. The number of likely N-dealkylation sites (tertiary alicyclic amines) is 1. The highest BCUT2D eigenvalue weighted by molar-refractivity contribution is 6.40. The van der Waals surface area contributed by atoms with Gasteiger partial charge in [0.25, 0.3) is 5.91 Å². The molecule has 4 rings (SSSR count). The number of amides is 1. The molecule has 32 heavy (non-hydrogen) atoms. The van der Waals surface area contributed by atoms with E-state index in [1.807, 2.05) is 6.08 Å². The number of hydrogen-bond acceptors (Lipinski definition) is 4. The zero-order valence-electron chi connectivity index (χ0n) is 17.0. The van der Waals surface area contributed by atoms with Gasteiger partial charge >= 0.3 is 12.4 Å². The molecule has 1 saturated heterocycles. The third-order valence-corrected chi connectivity index (χ3v) is 6.09. The fourth-order valence-corrected chi connectivity index (χ4v) is 4.35. The van der Waals surface area contributed by atoms with Crippen molar-refractivity contribution in [1.82, 2.24) is 15.6 Å². The highest BCUT2D eigenvalue weighted by Gasteiger charge is 2.38. The van der Waals surface area contributed by atoms with Crippen LogP contribution in [-0.2, 0) is 17.1 Å². The largest absolute Gasteiger partial charge is 0.416 e. The SMILES string of the molecule is O=C(C1=NNC2=CC1CNCC2)N1CCC(c2cc(C(F)(F)F)cc(C(F)(F)F)c2)CC1. The van der Waals surface area contributed by atoms with Gasteiger partial charge < -0.3 is 10.2 Å². The van der Waals surface area contributed by atoms with E-state index in [4.69, 9.17) is 0 Å². The van der Waals surface area contributed by atoms with Crippen LogP contribution in [0.4, 0.5) is 26.3 Å². The molecule has 3 heterocycles. The molecule has 0 spiro atoms. The number of nitrogens with one attached hydrogen (secondary N) is 2. The van der Waals surface area contributed by atoms with E-state index in [9.17, 15) is 31.1 Å². The number of piperidine rings is 1. The molecule has 2 N–H and O–H groups in total. The van der Waals surface area contributed by atoms with Crippen LogP contribution >= 0.6 is 0 Å². The van der Waals surface area contributed by atoms with Crippen molar-refractivity contribution >= 4 is 11.6 Å². The van der Waals surface area contributed by atoms with Crippen molar-refractivity contribution in [2.24, 2.45) is 11.0 Å². The highest BCUT2D eigenvalue weighted by atomic mass is 19.4. The van der Waals surface area contributed by atoms with E-state index in [0.29, 0.717) is 12.3 Å². The van der Waals surface area contributed by atoms with Gasteiger partial charge in [-0.2, -0.15) is 31.4 Å². The summed E-state index contributed by atoms with van der Waals surface area (Å²) in [5, 5.41) is 7.46. The van der Waals surface area contributed by atoms with Crippen molar-refractivity contribution in [3.63, 3.8) is 0 Å². The molecule has 0 saturated carbocycles. The van der Waals surface area contributed by atoms with Crippen LogP contribution in [0, 0.1) is 5.92 Å². The van der Waals surface area contributed by atoms with E-state index in [2.05, 4.69) is 15.8 Å². The lowest BCUT2D eigenvalue weighted by atomic mass is 9.87. The Morgan fingerprint density at radius 2 is 1.62 bits per heavy atom. The molecule has 3 aliphatic rings. The van der Waals surface area contributed by atoms with Crippen molar-refractivity contribution in [3.8, 4) is 0 Å². The first-order valence-corrected chi connectivity index (χ1v) is 10.4. The quantitative estimate of drug-likeness (QED) is 0.659. The Bertz CT molecular complexity index is 912. The van der Waals surface area contributed by atoms with Gasteiger partial charge in [-0.15, -0.1) is 0 Å². The average Bonchev–Trinajstić information content (AvgIpc) is 2.93. The maximum absolute atomic E-state index is 13.2. The number of carbonyl (C=O) groups is 1. The summed E-state index contributed by atoms with van der Waals surface area (Å²) in [6, 6.07) is 1.71. The predicted molar refractivity (Wildman–Crippen MR) is 105 cm³/mol. The highest BCUT2D eigenvalue weighted by Crippen LogP contribution is 2.39. The summed E-state index contributed by atoms with van der Waals surface area (Å²) in [7, 11) is 0. The van der Waals surface area contributed by atoms with E-state index in [-0.39, 0.29) is 49.4 Å². The first-order chi connectivity index (χ1) is 15.0. The maximum Gasteiger partial charge on any atom is 0.416 e. The number of nitrogens with zero attached hydrogens (tertiary/aromatic N) is 2. The molecule has 1 amide bonds. The maximum atomic E-state index is 13.2. The summed E-state index contributed by atoms with van der Waals surface area (Å²) in [5.41, 5.74) is 1.56. The van der Waals surface area contributed by atoms with E-state index >= 15 is 0 Å². The lowest BCUT2D eigenvalue weighted by molar-refractivity contribution is -0.143.